The minimum Gasteiger partial charge on any atom is -0.324 e. The van der Waals surface area contributed by atoms with Gasteiger partial charge in [-0.1, -0.05) is 39.7 Å². The molecule has 1 N–H and O–H groups in total. The van der Waals surface area contributed by atoms with Crippen molar-refractivity contribution >= 4 is 68.1 Å². The van der Waals surface area contributed by atoms with Crippen LogP contribution in [0.1, 0.15) is 5.56 Å². The van der Waals surface area contributed by atoms with Crippen molar-refractivity contribution in [1.82, 2.24) is 4.90 Å². The summed E-state index contributed by atoms with van der Waals surface area (Å²) in [5.74, 6) is -1.75. The number of amides is 3. The Kier molecular flexibility index (Phi) is 5.98. The lowest BCUT2D eigenvalue weighted by molar-refractivity contribution is -0.127. The van der Waals surface area contributed by atoms with Crippen LogP contribution in [0.4, 0.5) is 14.9 Å². The number of imide groups is 1. The molecular weight excluding hydrogens is 459 g/mol. The third-order valence-corrected chi connectivity index (χ3v) is 5.22. The molecule has 1 aliphatic rings. The number of rotatable bonds is 4. The molecule has 0 aliphatic carbocycles. The highest BCUT2D eigenvalue weighted by Crippen LogP contribution is 2.32. The lowest BCUT2D eigenvalue weighted by Gasteiger charge is -2.12. The number of nitrogens with one attached hydrogen (secondary N) is 1. The molecule has 0 atom stereocenters. The number of hydrogen-bond acceptors (Lipinski definition) is 4. The van der Waals surface area contributed by atoms with Crippen LogP contribution < -0.4 is 5.32 Å². The van der Waals surface area contributed by atoms with Crippen molar-refractivity contribution < 1.29 is 18.8 Å². The van der Waals surface area contributed by atoms with Gasteiger partial charge in [-0.15, -0.1) is 0 Å². The van der Waals surface area contributed by atoms with Crippen LogP contribution in [0, 0.1) is 5.82 Å². The van der Waals surface area contributed by atoms with Gasteiger partial charge < -0.3 is 5.32 Å². The first kappa shape index (κ1) is 19.6. The van der Waals surface area contributed by atoms with Gasteiger partial charge in [0.1, 0.15) is 12.4 Å². The van der Waals surface area contributed by atoms with Gasteiger partial charge in [0.25, 0.3) is 11.1 Å². The summed E-state index contributed by atoms with van der Waals surface area (Å²) in [6, 6.07) is 10.9. The van der Waals surface area contributed by atoms with Crippen LogP contribution >= 0.6 is 39.3 Å². The number of carbonyl (C=O) groups is 3. The molecule has 5 nitrogen and oxygen atoms in total. The number of nitrogens with zero attached hydrogens (tertiary/aromatic N) is 1. The van der Waals surface area contributed by atoms with E-state index >= 15 is 0 Å². The first-order chi connectivity index (χ1) is 12.8. The monoisotopic (exact) mass is 468 g/mol. The highest BCUT2D eigenvalue weighted by atomic mass is 79.9. The van der Waals surface area contributed by atoms with Gasteiger partial charge in [0.05, 0.1) is 9.93 Å². The predicted molar refractivity (Wildman–Crippen MR) is 107 cm³/mol. The molecule has 138 valence electrons. The van der Waals surface area contributed by atoms with Gasteiger partial charge in [-0.05, 0) is 53.7 Å². The molecule has 0 aromatic heterocycles. The molecule has 2 aromatic carbocycles. The van der Waals surface area contributed by atoms with Crippen LogP contribution in [-0.4, -0.2) is 28.5 Å². The second-order valence-corrected chi connectivity index (χ2v) is 7.82. The fourth-order valence-corrected chi connectivity index (χ4v) is 3.74. The van der Waals surface area contributed by atoms with Crippen molar-refractivity contribution in [2.24, 2.45) is 0 Å². The first-order valence-electron chi connectivity index (χ1n) is 7.59. The van der Waals surface area contributed by atoms with Gasteiger partial charge in [0.2, 0.25) is 5.91 Å². The third kappa shape index (κ3) is 4.77. The molecule has 0 unspecified atom stereocenters. The number of benzene rings is 2. The van der Waals surface area contributed by atoms with Crippen molar-refractivity contribution in [1.29, 1.82) is 0 Å². The van der Waals surface area contributed by atoms with E-state index in [1.165, 1.54) is 12.1 Å². The van der Waals surface area contributed by atoms with Crippen LogP contribution in [0.25, 0.3) is 6.08 Å². The fraction of sp³-hybridized carbons (Fsp3) is 0.0556. The topological polar surface area (TPSA) is 66.5 Å². The average molecular weight is 470 g/mol. The third-order valence-electron chi connectivity index (χ3n) is 3.53. The van der Waals surface area contributed by atoms with Crippen molar-refractivity contribution in [3.8, 4) is 0 Å². The summed E-state index contributed by atoms with van der Waals surface area (Å²) in [6.45, 7) is -0.449. The van der Waals surface area contributed by atoms with Gasteiger partial charge in [-0.3, -0.25) is 19.3 Å². The maximum atomic E-state index is 13.2. The SMILES string of the molecule is O=C(CN1C(=O)S/C(=C/c2cccc(Br)c2)C1=O)Nc1ccc(F)c(Cl)c1. The molecule has 1 heterocycles. The molecule has 1 saturated heterocycles. The molecule has 9 heteroatoms. The van der Waals surface area contributed by atoms with Crippen LogP contribution in [-0.2, 0) is 9.59 Å². The van der Waals surface area contributed by atoms with Crippen molar-refractivity contribution in [3.63, 3.8) is 0 Å². The Morgan fingerprint density at radius 1 is 1.26 bits per heavy atom. The molecule has 27 heavy (non-hydrogen) atoms. The van der Waals surface area contributed by atoms with Crippen LogP contribution in [0.2, 0.25) is 5.02 Å². The van der Waals surface area contributed by atoms with E-state index in [0.29, 0.717) is 0 Å². The van der Waals surface area contributed by atoms with Crippen molar-refractivity contribution in [3.05, 3.63) is 68.2 Å². The highest BCUT2D eigenvalue weighted by Gasteiger charge is 2.36. The van der Waals surface area contributed by atoms with Crippen LogP contribution in [0.15, 0.2) is 51.8 Å². The summed E-state index contributed by atoms with van der Waals surface area (Å²) < 4.78 is 14.0. The van der Waals surface area contributed by atoms with Gasteiger partial charge >= 0.3 is 0 Å². The number of halogens is 3. The van der Waals surface area contributed by atoms with E-state index in [0.717, 1.165) is 32.8 Å². The number of hydrogen-bond donors (Lipinski definition) is 1. The largest absolute Gasteiger partial charge is 0.324 e. The zero-order valence-corrected chi connectivity index (χ0v) is 16.7. The summed E-state index contributed by atoms with van der Waals surface area (Å²) in [5.41, 5.74) is 1.02. The van der Waals surface area contributed by atoms with E-state index in [-0.39, 0.29) is 15.6 Å². The molecule has 0 bridgehead atoms. The Morgan fingerprint density at radius 3 is 2.74 bits per heavy atom. The molecule has 0 spiro atoms. The van der Waals surface area contributed by atoms with Crippen molar-refractivity contribution in [2.45, 2.75) is 0 Å². The number of carbonyl (C=O) groups excluding carboxylic acids is 3. The van der Waals surface area contributed by atoms with Gasteiger partial charge in [0.15, 0.2) is 0 Å². The van der Waals surface area contributed by atoms with Gasteiger partial charge in [0, 0.05) is 10.2 Å². The maximum Gasteiger partial charge on any atom is 0.294 e. The second-order valence-electron chi connectivity index (χ2n) is 5.50. The van der Waals surface area contributed by atoms with Gasteiger partial charge in [-0.2, -0.15) is 0 Å². The molecule has 0 saturated carbocycles. The highest BCUT2D eigenvalue weighted by molar-refractivity contribution is 9.10. The molecule has 3 amide bonds. The Bertz CT molecular complexity index is 983. The summed E-state index contributed by atoms with van der Waals surface area (Å²) in [4.78, 5) is 37.8. The normalized spacial score (nSPS) is 15.5. The van der Waals surface area contributed by atoms with E-state index in [1.807, 2.05) is 6.07 Å². The summed E-state index contributed by atoms with van der Waals surface area (Å²) >= 11 is 9.77. The average Bonchev–Trinajstić information content (AvgIpc) is 2.86. The first-order valence-corrected chi connectivity index (χ1v) is 9.58. The summed E-state index contributed by atoms with van der Waals surface area (Å²) in [5, 5.41) is 1.80. The minimum atomic E-state index is -0.613. The molecule has 0 radical (unpaired) electrons. The molecular formula is C18H11BrClFN2O3S. The van der Waals surface area contributed by atoms with E-state index in [4.69, 9.17) is 11.6 Å². The van der Waals surface area contributed by atoms with Crippen LogP contribution in [0.3, 0.4) is 0 Å². The summed E-state index contributed by atoms with van der Waals surface area (Å²) in [6.07, 6.45) is 1.59. The van der Waals surface area contributed by atoms with Crippen LogP contribution in [0.5, 0.6) is 0 Å². The number of anilines is 1. The second kappa shape index (κ2) is 8.24. The zero-order valence-electron chi connectivity index (χ0n) is 13.5. The number of thioether (sulfide) groups is 1. The Balaban J connectivity index is 1.69. The molecule has 1 fully saturated rings. The van der Waals surface area contributed by atoms with E-state index in [9.17, 15) is 18.8 Å². The van der Waals surface area contributed by atoms with E-state index < -0.39 is 29.4 Å². The zero-order chi connectivity index (χ0) is 19.6. The lowest BCUT2D eigenvalue weighted by Crippen LogP contribution is -2.36. The minimum absolute atomic E-state index is 0.143. The predicted octanol–water partition coefficient (Wildman–Crippen LogP) is 4.92. The molecule has 1 aliphatic heterocycles. The molecule has 2 aromatic rings. The molecule has 3 rings (SSSR count). The maximum absolute atomic E-state index is 13.2. The van der Waals surface area contributed by atoms with E-state index in [2.05, 4.69) is 21.2 Å². The Hall–Kier alpha value is -2.16. The Labute approximate surface area is 171 Å². The Morgan fingerprint density at radius 2 is 2.04 bits per heavy atom. The summed E-state index contributed by atoms with van der Waals surface area (Å²) in [7, 11) is 0. The lowest BCUT2D eigenvalue weighted by atomic mass is 10.2. The van der Waals surface area contributed by atoms with Gasteiger partial charge in [-0.25, -0.2) is 4.39 Å². The van der Waals surface area contributed by atoms with Crippen molar-refractivity contribution in [2.75, 3.05) is 11.9 Å². The van der Waals surface area contributed by atoms with E-state index in [1.54, 1.807) is 24.3 Å². The smallest absolute Gasteiger partial charge is 0.294 e. The quantitative estimate of drug-likeness (QED) is 0.646. The fourth-order valence-electron chi connectivity index (χ4n) is 2.30. The standard InChI is InChI=1S/C18H11BrClFN2O3S/c19-11-3-1-2-10(6-11)7-15-17(25)23(18(26)27-15)9-16(24)22-12-4-5-14(21)13(20)8-12/h1-8H,9H2,(H,22,24)/b15-7+.